The zero-order valence-corrected chi connectivity index (χ0v) is 11.3. The van der Waals surface area contributed by atoms with Crippen LogP contribution in [0.2, 0.25) is 5.02 Å². The molecule has 0 saturated heterocycles. The van der Waals surface area contributed by atoms with E-state index in [9.17, 15) is 4.79 Å². The van der Waals surface area contributed by atoms with Crippen LogP contribution in [0.1, 0.15) is 35.1 Å². The Morgan fingerprint density at radius 2 is 2.05 bits per heavy atom. The zero-order valence-electron chi connectivity index (χ0n) is 10.5. The second-order valence-electron chi connectivity index (χ2n) is 4.22. The first-order chi connectivity index (χ1) is 9.11. The first-order valence-electron chi connectivity index (χ1n) is 6.02. The smallest absolute Gasteiger partial charge is 0.358 e. The third kappa shape index (κ3) is 3.12. The highest BCUT2D eigenvalue weighted by atomic mass is 35.5. The molecule has 1 aromatic heterocycles. The average Bonchev–Trinajstić information content (AvgIpc) is 2.76. The monoisotopic (exact) mass is 279 g/mol. The largest absolute Gasteiger partial charge is 0.476 e. The fourth-order valence-electron chi connectivity index (χ4n) is 1.87. The molecule has 0 amide bonds. The number of carboxylic acids is 1. The Kier molecular flexibility index (Phi) is 4.16. The van der Waals surface area contributed by atoms with Gasteiger partial charge in [-0.2, -0.15) is 0 Å². The Bertz CT molecular complexity index is 578. The lowest BCUT2D eigenvalue weighted by Gasteiger charge is -2.06. The predicted molar refractivity (Wildman–Crippen MR) is 71.5 cm³/mol. The summed E-state index contributed by atoms with van der Waals surface area (Å²) in [5, 5.41) is 17.4. The van der Waals surface area contributed by atoms with Crippen LogP contribution in [0, 0.1) is 0 Å². The minimum atomic E-state index is -1.04. The van der Waals surface area contributed by atoms with Gasteiger partial charge in [0.15, 0.2) is 5.69 Å². The van der Waals surface area contributed by atoms with E-state index in [2.05, 4.69) is 10.3 Å². The van der Waals surface area contributed by atoms with Crippen LogP contribution >= 0.6 is 11.6 Å². The quantitative estimate of drug-likeness (QED) is 0.913. The SMILES string of the molecule is CCCc1c(C(=O)O)nnn1Cc1ccc(Cl)cc1. The van der Waals surface area contributed by atoms with E-state index in [1.54, 1.807) is 16.8 Å². The van der Waals surface area contributed by atoms with Gasteiger partial charge in [0, 0.05) is 5.02 Å². The number of hydrogen-bond donors (Lipinski definition) is 1. The maximum absolute atomic E-state index is 11.1. The second-order valence-corrected chi connectivity index (χ2v) is 4.66. The van der Waals surface area contributed by atoms with Gasteiger partial charge in [-0.05, 0) is 24.1 Å². The third-order valence-electron chi connectivity index (χ3n) is 2.77. The number of nitrogens with zero attached hydrogens (tertiary/aromatic N) is 3. The molecule has 6 heteroatoms. The van der Waals surface area contributed by atoms with E-state index in [-0.39, 0.29) is 5.69 Å². The summed E-state index contributed by atoms with van der Waals surface area (Å²) >= 11 is 5.83. The molecule has 5 nitrogen and oxygen atoms in total. The van der Waals surface area contributed by atoms with Gasteiger partial charge in [0.25, 0.3) is 0 Å². The summed E-state index contributed by atoms with van der Waals surface area (Å²) in [4.78, 5) is 11.1. The summed E-state index contributed by atoms with van der Waals surface area (Å²) in [6, 6.07) is 7.37. The summed E-state index contributed by atoms with van der Waals surface area (Å²) in [6.07, 6.45) is 1.48. The highest BCUT2D eigenvalue weighted by Gasteiger charge is 2.18. The van der Waals surface area contributed by atoms with Crippen LogP contribution in [0.3, 0.4) is 0 Å². The Labute approximate surface area is 115 Å². The predicted octanol–water partition coefficient (Wildman–Crippen LogP) is 2.63. The topological polar surface area (TPSA) is 68.0 Å². The molecule has 0 unspecified atom stereocenters. The molecule has 0 aliphatic heterocycles. The van der Waals surface area contributed by atoms with Crippen molar-refractivity contribution in [2.45, 2.75) is 26.3 Å². The van der Waals surface area contributed by atoms with Crippen molar-refractivity contribution >= 4 is 17.6 Å². The van der Waals surface area contributed by atoms with Crippen molar-refractivity contribution in [3.05, 3.63) is 46.2 Å². The molecule has 0 bridgehead atoms. The van der Waals surface area contributed by atoms with Crippen LogP contribution in [0.5, 0.6) is 0 Å². The van der Waals surface area contributed by atoms with Crippen LogP contribution < -0.4 is 0 Å². The first-order valence-corrected chi connectivity index (χ1v) is 6.39. The van der Waals surface area contributed by atoms with Crippen LogP contribution in [0.15, 0.2) is 24.3 Å². The second kappa shape index (κ2) is 5.84. The lowest BCUT2D eigenvalue weighted by molar-refractivity contribution is 0.0689. The van der Waals surface area contributed by atoms with Crippen molar-refractivity contribution in [1.82, 2.24) is 15.0 Å². The van der Waals surface area contributed by atoms with Crippen molar-refractivity contribution in [2.24, 2.45) is 0 Å². The zero-order chi connectivity index (χ0) is 13.8. The number of hydrogen-bond acceptors (Lipinski definition) is 3. The van der Waals surface area contributed by atoms with Gasteiger partial charge in [0.2, 0.25) is 0 Å². The van der Waals surface area contributed by atoms with E-state index in [0.29, 0.717) is 23.7 Å². The minimum absolute atomic E-state index is 0.0378. The molecule has 0 atom stereocenters. The van der Waals surface area contributed by atoms with E-state index >= 15 is 0 Å². The molecule has 19 heavy (non-hydrogen) atoms. The Morgan fingerprint density at radius 1 is 1.37 bits per heavy atom. The number of rotatable bonds is 5. The van der Waals surface area contributed by atoms with E-state index < -0.39 is 5.97 Å². The molecule has 0 spiro atoms. The summed E-state index contributed by atoms with van der Waals surface area (Å²) < 4.78 is 1.64. The van der Waals surface area contributed by atoms with Crippen LogP contribution in [-0.2, 0) is 13.0 Å². The summed E-state index contributed by atoms with van der Waals surface area (Å²) in [5.74, 6) is -1.04. The van der Waals surface area contributed by atoms with Crippen molar-refractivity contribution in [3.8, 4) is 0 Å². The molecule has 0 radical (unpaired) electrons. The molecule has 1 N–H and O–H groups in total. The molecule has 0 aliphatic rings. The minimum Gasteiger partial charge on any atom is -0.476 e. The Morgan fingerprint density at radius 3 is 2.63 bits per heavy atom. The lowest BCUT2D eigenvalue weighted by Crippen LogP contribution is -2.09. The molecular weight excluding hydrogens is 266 g/mol. The van der Waals surface area contributed by atoms with Crippen molar-refractivity contribution in [3.63, 3.8) is 0 Å². The Hall–Kier alpha value is -1.88. The fourth-order valence-corrected chi connectivity index (χ4v) is 2.00. The molecule has 0 saturated carbocycles. The first kappa shape index (κ1) is 13.5. The highest BCUT2D eigenvalue weighted by molar-refractivity contribution is 6.30. The van der Waals surface area contributed by atoms with E-state index in [0.717, 1.165) is 12.0 Å². The molecular formula is C13H14ClN3O2. The fraction of sp³-hybridized carbons (Fsp3) is 0.308. The van der Waals surface area contributed by atoms with Gasteiger partial charge >= 0.3 is 5.97 Å². The van der Waals surface area contributed by atoms with Gasteiger partial charge in [-0.3, -0.25) is 0 Å². The molecule has 2 rings (SSSR count). The molecule has 1 aromatic carbocycles. The normalized spacial score (nSPS) is 10.6. The third-order valence-corrected chi connectivity index (χ3v) is 3.02. The number of aromatic carboxylic acids is 1. The maximum atomic E-state index is 11.1. The van der Waals surface area contributed by atoms with E-state index in [4.69, 9.17) is 16.7 Å². The standard InChI is InChI=1S/C13H14ClN3O2/c1-2-3-11-12(13(18)19)15-16-17(11)8-9-4-6-10(14)7-5-9/h4-7H,2-3,8H2,1H3,(H,18,19). The summed E-state index contributed by atoms with van der Waals surface area (Å²) in [6.45, 7) is 2.48. The van der Waals surface area contributed by atoms with Crippen LogP contribution in [-0.4, -0.2) is 26.1 Å². The van der Waals surface area contributed by atoms with Crippen LogP contribution in [0.4, 0.5) is 0 Å². The van der Waals surface area contributed by atoms with Crippen molar-refractivity contribution in [2.75, 3.05) is 0 Å². The molecule has 0 fully saturated rings. The number of carbonyl (C=O) groups is 1. The molecule has 1 heterocycles. The van der Waals surface area contributed by atoms with Crippen molar-refractivity contribution < 1.29 is 9.90 Å². The number of carboxylic acid groups (broad SMARTS) is 1. The van der Waals surface area contributed by atoms with Gasteiger partial charge in [-0.15, -0.1) is 5.10 Å². The van der Waals surface area contributed by atoms with E-state index in [1.807, 2.05) is 19.1 Å². The summed E-state index contributed by atoms with van der Waals surface area (Å²) in [7, 11) is 0. The number of halogens is 1. The number of benzene rings is 1. The van der Waals surface area contributed by atoms with E-state index in [1.165, 1.54) is 0 Å². The van der Waals surface area contributed by atoms with Crippen LogP contribution in [0.25, 0.3) is 0 Å². The van der Waals surface area contributed by atoms with Gasteiger partial charge in [-0.1, -0.05) is 42.3 Å². The molecule has 100 valence electrons. The van der Waals surface area contributed by atoms with Crippen molar-refractivity contribution in [1.29, 1.82) is 0 Å². The van der Waals surface area contributed by atoms with Gasteiger partial charge < -0.3 is 5.11 Å². The molecule has 2 aromatic rings. The molecule has 0 aliphatic carbocycles. The summed E-state index contributed by atoms with van der Waals surface area (Å²) in [5.41, 5.74) is 1.70. The lowest BCUT2D eigenvalue weighted by atomic mass is 10.2. The van der Waals surface area contributed by atoms with Gasteiger partial charge in [0.1, 0.15) is 0 Å². The van der Waals surface area contributed by atoms with Gasteiger partial charge in [0.05, 0.1) is 12.2 Å². The maximum Gasteiger partial charge on any atom is 0.358 e. The Balaban J connectivity index is 2.29. The van der Waals surface area contributed by atoms with Gasteiger partial charge in [-0.25, -0.2) is 9.48 Å². The highest BCUT2D eigenvalue weighted by Crippen LogP contribution is 2.14. The number of aromatic nitrogens is 3. The average molecular weight is 280 g/mol.